The lowest BCUT2D eigenvalue weighted by atomic mass is 10.0. The Balaban J connectivity index is 1.62. The van der Waals surface area contributed by atoms with Crippen LogP contribution in [0.3, 0.4) is 0 Å². The van der Waals surface area contributed by atoms with E-state index in [-0.39, 0.29) is 11.4 Å². The van der Waals surface area contributed by atoms with Gasteiger partial charge in [-0.3, -0.25) is 5.10 Å². The second-order valence-electron chi connectivity index (χ2n) is 6.21. The number of hydrogen-bond acceptors (Lipinski definition) is 5. The van der Waals surface area contributed by atoms with Crippen LogP contribution in [0.15, 0.2) is 56.8 Å². The van der Waals surface area contributed by atoms with Crippen molar-refractivity contribution in [1.29, 1.82) is 0 Å². The van der Waals surface area contributed by atoms with Gasteiger partial charge < -0.3 is 4.42 Å². The molecule has 4 aromatic rings. The number of benzene rings is 2. The maximum Gasteiger partial charge on any atom is 0.336 e. The van der Waals surface area contributed by atoms with Gasteiger partial charge >= 0.3 is 5.63 Å². The van der Waals surface area contributed by atoms with Crippen LogP contribution in [0.2, 0.25) is 0 Å². The minimum Gasteiger partial charge on any atom is -0.422 e. The Morgan fingerprint density at radius 1 is 1.19 bits per heavy atom. The molecule has 4 rings (SSSR count). The summed E-state index contributed by atoms with van der Waals surface area (Å²) in [6, 6.07) is 11.9. The van der Waals surface area contributed by atoms with Gasteiger partial charge in [0.25, 0.3) is 0 Å². The number of halogens is 1. The highest BCUT2D eigenvalue weighted by molar-refractivity contribution is 7.98. The van der Waals surface area contributed by atoms with Crippen LogP contribution in [0.25, 0.3) is 22.4 Å². The summed E-state index contributed by atoms with van der Waals surface area (Å²) in [5, 5.41) is 8.29. The van der Waals surface area contributed by atoms with Crippen LogP contribution in [-0.2, 0) is 5.75 Å². The van der Waals surface area contributed by atoms with Gasteiger partial charge in [0.15, 0.2) is 5.82 Å². The summed E-state index contributed by atoms with van der Waals surface area (Å²) in [6.07, 6.45) is 0. The van der Waals surface area contributed by atoms with Crippen LogP contribution in [0, 0.1) is 19.7 Å². The molecule has 2 heterocycles. The number of aromatic amines is 1. The van der Waals surface area contributed by atoms with Gasteiger partial charge in [-0.05, 0) is 42.7 Å². The van der Waals surface area contributed by atoms with Gasteiger partial charge in [-0.2, -0.15) is 0 Å². The highest BCUT2D eigenvalue weighted by Crippen LogP contribution is 2.28. The number of H-pyrrole nitrogens is 1. The molecule has 0 aliphatic rings. The fourth-order valence-electron chi connectivity index (χ4n) is 2.87. The Hall–Kier alpha value is -2.93. The van der Waals surface area contributed by atoms with Crippen LogP contribution in [0.4, 0.5) is 4.39 Å². The standard InChI is InChI=1S/C20H16FN3O2S/c1-11-7-8-14-13(9-17(25)26-18(14)12(11)2)10-27-20-22-19(23-24-20)15-5-3-4-6-16(15)21/h3-9H,10H2,1-2H3,(H,22,23,24). The molecule has 0 spiro atoms. The molecule has 27 heavy (non-hydrogen) atoms. The third-order valence-corrected chi connectivity index (χ3v) is 5.36. The first-order valence-electron chi connectivity index (χ1n) is 8.36. The van der Waals surface area contributed by atoms with E-state index in [9.17, 15) is 9.18 Å². The topological polar surface area (TPSA) is 71.8 Å². The molecule has 0 amide bonds. The van der Waals surface area contributed by atoms with Gasteiger partial charge in [-0.25, -0.2) is 14.2 Å². The van der Waals surface area contributed by atoms with Crippen LogP contribution >= 0.6 is 11.8 Å². The summed E-state index contributed by atoms with van der Waals surface area (Å²) < 4.78 is 19.3. The lowest BCUT2D eigenvalue weighted by Crippen LogP contribution is -2.01. The average molecular weight is 381 g/mol. The summed E-state index contributed by atoms with van der Waals surface area (Å²) in [4.78, 5) is 16.3. The van der Waals surface area contributed by atoms with Crippen molar-refractivity contribution in [2.24, 2.45) is 0 Å². The molecule has 0 radical (unpaired) electrons. The largest absolute Gasteiger partial charge is 0.422 e. The van der Waals surface area contributed by atoms with Crippen LogP contribution in [0.5, 0.6) is 0 Å². The fourth-order valence-corrected chi connectivity index (χ4v) is 3.66. The number of rotatable bonds is 4. The van der Waals surface area contributed by atoms with Gasteiger partial charge in [-0.1, -0.05) is 36.0 Å². The Bertz CT molecular complexity index is 1200. The third kappa shape index (κ3) is 3.38. The highest BCUT2D eigenvalue weighted by atomic mass is 32.2. The minimum absolute atomic E-state index is 0.359. The molecule has 0 fully saturated rings. The van der Waals surface area contributed by atoms with Crippen molar-refractivity contribution >= 4 is 22.7 Å². The molecule has 0 bridgehead atoms. The molecule has 5 nitrogen and oxygen atoms in total. The summed E-state index contributed by atoms with van der Waals surface area (Å²) in [5.41, 5.74) is 3.48. The van der Waals surface area contributed by atoms with E-state index in [1.54, 1.807) is 18.2 Å². The molecule has 0 aliphatic carbocycles. The van der Waals surface area contributed by atoms with E-state index < -0.39 is 0 Å². The lowest BCUT2D eigenvalue weighted by Gasteiger charge is -2.08. The first-order chi connectivity index (χ1) is 13.0. The molecule has 0 atom stereocenters. The minimum atomic E-state index is -0.381. The van der Waals surface area contributed by atoms with E-state index in [0.29, 0.717) is 27.9 Å². The Labute approximate surface area is 158 Å². The maximum absolute atomic E-state index is 13.9. The van der Waals surface area contributed by atoms with Crippen molar-refractivity contribution in [2.45, 2.75) is 24.8 Å². The second kappa shape index (κ2) is 7.00. The Kier molecular flexibility index (Phi) is 4.53. The normalized spacial score (nSPS) is 11.2. The molecule has 2 aromatic carbocycles. The molecule has 2 aromatic heterocycles. The van der Waals surface area contributed by atoms with Crippen molar-refractivity contribution in [3.63, 3.8) is 0 Å². The zero-order valence-corrected chi connectivity index (χ0v) is 15.6. The predicted octanol–water partition coefficient (Wildman–Crippen LogP) is 4.63. The average Bonchev–Trinajstić information content (AvgIpc) is 3.12. The van der Waals surface area contributed by atoms with Gasteiger partial charge in [0.05, 0.1) is 5.56 Å². The first kappa shape index (κ1) is 17.5. The van der Waals surface area contributed by atoms with Crippen LogP contribution < -0.4 is 5.63 Å². The van der Waals surface area contributed by atoms with Gasteiger partial charge in [0, 0.05) is 17.2 Å². The monoisotopic (exact) mass is 381 g/mol. The third-order valence-electron chi connectivity index (χ3n) is 4.47. The molecule has 136 valence electrons. The molecular weight excluding hydrogens is 365 g/mol. The number of aromatic nitrogens is 3. The van der Waals surface area contributed by atoms with Crippen molar-refractivity contribution in [1.82, 2.24) is 15.2 Å². The van der Waals surface area contributed by atoms with E-state index in [1.807, 2.05) is 26.0 Å². The number of nitrogens with zero attached hydrogens (tertiary/aromatic N) is 2. The van der Waals surface area contributed by atoms with Crippen molar-refractivity contribution in [3.8, 4) is 11.4 Å². The van der Waals surface area contributed by atoms with Crippen molar-refractivity contribution in [3.05, 3.63) is 75.4 Å². The summed E-state index contributed by atoms with van der Waals surface area (Å²) >= 11 is 1.37. The van der Waals surface area contributed by atoms with Crippen LogP contribution in [-0.4, -0.2) is 15.2 Å². The molecule has 0 aliphatic heterocycles. The van der Waals surface area contributed by atoms with Crippen molar-refractivity contribution < 1.29 is 8.81 Å². The van der Waals surface area contributed by atoms with E-state index in [2.05, 4.69) is 15.2 Å². The molecule has 0 unspecified atom stereocenters. The van der Waals surface area contributed by atoms with Gasteiger partial charge in [-0.15, -0.1) is 5.10 Å². The molecular formula is C20H16FN3O2S. The number of nitrogens with one attached hydrogen (secondary N) is 1. The van der Waals surface area contributed by atoms with Gasteiger partial charge in [0.1, 0.15) is 11.4 Å². The molecule has 1 N–H and O–H groups in total. The number of thioether (sulfide) groups is 1. The summed E-state index contributed by atoms with van der Waals surface area (Å²) in [7, 11) is 0. The summed E-state index contributed by atoms with van der Waals surface area (Å²) in [5.74, 6) is 0.515. The smallest absolute Gasteiger partial charge is 0.336 e. The predicted molar refractivity (Wildman–Crippen MR) is 103 cm³/mol. The summed E-state index contributed by atoms with van der Waals surface area (Å²) in [6.45, 7) is 3.92. The highest BCUT2D eigenvalue weighted by Gasteiger charge is 2.13. The quantitative estimate of drug-likeness (QED) is 0.412. The Morgan fingerprint density at radius 2 is 2.00 bits per heavy atom. The SMILES string of the molecule is Cc1ccc2c(CSc3n[nH]c(-c4ccccc4F)n3)cc(=O)oc2c1C. The van der Waals surface area contributed by atoms with E-state index in [1.165, 1.54) is 23.9 Å². The zero-order chi connectivity index (χ0) is 19.0. The zero-order valence-electron chi connectivity index (χ0n) is 14.7. The van der Waals surface area contributed by atoms with Crippen LogP contribution in [0.1, 0.15) is 16.7 Å². The van der Waals surface area contributed by atoms with Gasteiger partial charge in [0.2, 0.25) is 5.16 Å². The van der Waals surface area contributed by atoms with E-state index in [4.69, 9.17) is 4.42 Å². The molecule has 0 saturated heterocycles. The number of fused-ring (bicyclic) bond motifs is 1. The number of aryl methyl sites for hydroxylation is 2. The van der Waals surface area contributed by atoms with E-state index >= 15 is 0 Å². The molecule has 7 heteroatoms. The second-order valence-corrected chi connectivity index (χ2v) is 7.15. The lowest BCUT2D eigenvalue weighted by molar-refractivity contribution is 0.557. The maximum atomic E-state index is 13.9. The Morgan fingerprint density at radius 3 is 2.81 bits per heavy atom. The molecule has 0 saturated carbocycles. The first-order valence-corrected chi connectivity index (χ1v) is 9.34. The fraction of sp³-hybridized carbons (Fsp3) is 0.150. The number of hydrogen-bond donors (Lipinski definition) is 1. The van der Waals surface area contributed by atoms with E-state index in [0.717, 1.165) is 22.1 Å². The van der Waals surface area contributed by atoms with Crippen molar-refractivity contribution in [2.75, 3.05) is 0 Å².